The molecule has 3 aromatic rings. The lowest BCUT2D eigenvalue weighted by Crippen LogP contribution is -2.10. The van der Waals surface area contributed by atoms with Gasteiger partial charge in [0.25, 0.3) is 0 Å². The second kappa shape index (κ2) is 10.3. The molecule has 2 heterocycles. The van der Waals surface area contributed by atoms with Gasteiger partial charge >= 0.3 is 0 Å². The molecule has 0 saturated heterocycles. The summed E-state index contributed by atoms with van der Waals surface area (Å²) in [5.41, 5.74) is 2.49. The quantitative estimate of drug-likeness (QED) is 0.477. The van der Waals surface area contributed by atoms with E-state index in [1.165, 1.54) is 24.8 Å². The molecular weight excluding hydrogens is 340 g/mol. The normalized spacial score (nSPS) is 12.1. The van der Waals surface area contributed by atoms with Gasteiger partial charge in [-0.3, -0.25) is 0 Å². The van der Waals surface area contributed by atoms with Gasteiger partial charge in [0.05, 0.1) is 0 Å². The van der Waals surface area contributed by atoms with Crippen LogP contribution in [0.4, 0.5) is 0 Å². The van der Waals surface area contributed by atoms with Crippen LogP contribution < -0.4 is 0 Å². The topological polar surface area (TPSA) is 109 Å². The molecule has 8 nitrogen and oxygen atoms in total. The Bertz CT molecular complexity index is 765. The average molecular weight is 366 g/mol. The van der Waals surface area contributed by atoms with E-state index in [1.54, 1.807) is 0 Å². The van der Waals surface area contributed by atoms with Crippen LogP contribution in [-0.4, -0.2) is 41.2 Å². The average Bonchev–Trinajstić information content (AvgIpc) is 3.39. The molecule has 8 heteroatoms. The molecule has 1 atom stereocenters. The molecule has 142 valence electrons. The minimum atomic E-state index is 0.509. The molecule has 3 rings (SSSR count). The van der Waals surface area contributed by atoms with Crippen molar-refractivity contribution in [3.8, 4) is 0 Å². The summed E-state index contributed by atoms with van der Waals surface area (Å²) in [5.74, 6) is 2.10. The van der Waals surface area contributed by atoms with Crippen molar-refractivity contribution >= 4 is 6.08 Å². The van der Waals surface area contributed by atoms with Crippen LogP contribution in [0.15, 0.2) is 30.8 Å². The first-order chi connectivity index (χ1) is 13.3. The Kier molecular flexibility index (Phi) is 7.20. The molecule has 0 saturated carbocycles. The maximum atomic E-state index is 4.13. The number of unbranched alkanes of at least 4 members (excludes halogenated alkanes) is 3. The highest BCUT2D eigenvalue weighted by molar-refractivity contribution is 5.47. The summed E-state index contributed by atoms with van der Waals surface area (Å²) in [6.07, 6.45) is 10.5. The Morgan fingerprint density at radius 1 is 0.852 bits per heavy atom. The third-order valence-corrected chi connectivity index (χ3v) is 4.75. The second-order valence-corrected chi connectivity index (χ2v) is 6.83. The molecule has 2 aromatic heterocycles. The van der Waals surface area contributed by atoms with E-state index in [1.807, 2.05) is 6.08 Å². The highest BCUT2D eigenvalue weighted by Gasteiger charge is 2.13. The van der Waals surface area contributed by atoms with Crippen molar-refractivity contribution in [3.63, 3.8) is 0 Å². The van der Waals surface area contributed by atoms with Gasteiger partial charge in [-0.25, -0.2) is 0 Å². The van der Waals surface area contributed by atoms with Gasteiger partial charge in [0.15, 0.2) is 11.6 Å². The molecule has 1 aromatic carbocycles. The first-order valence-corrected chi connectivity index (χ1v) is 9.49. The largest absolute Gasteiger partial charge is 0.177 e. The first kappa shape index (κ1) is 18.9. The van der Waals surface area contributed by atoms with Gasteiger partial charge in [-0.05, 0) is 36.3 Å². The van der Waals surface area contributed by atoms with Crippen LogP contribution in [0.3, 0.4) is 0 Å². The van der Waals surface area contributed by atoms with Crippen molar-refractivity contribution in [2.45, 2.75) is 51.4 Å². The van der Waals surface area contributed by atoms with E-state index in [0.717, 1.165) is 49.3 Å². The minimum absolute atomic E-state index is 0.509. The molecule has 0 fully saturated rings. The zero-order valence-electron chi connectivity index (χ0n) is 15.5. The fourth-order valence-electron chi connectivity index (χ4n) is 3.28. The van der Waals surface area contributed by atoms with E-state index in [2.05, 4.69) is 72.1 Å². The lowest BCUT2D eigenvalue weighted by molar-refractivity contribution is 0.439. The molecular formula is C19H26N8. The Morgan fingerprint density at radius 3 is 2.22 bits per heavy atom. The summed E-state index contributed by atoms with van der Waals surface area (Å²) in [5, 5.41) is 28.5. The maximum Gasteiger partial charge on any atom is 0.174 e. The fraction of sp³-hybridized carbons (Fsp3) is 0.474. The Hall–Kier alpha value is -2.90. The van der Waals surface area contributed by atoms with Crippen molar-refractivity contribution in [2.24, 2.45) is 5.92 Å². The van der Waals surface area contributed by atoms with E-state index in [4.69, 9.17) is 0 Å². The lowest BCUT2D eigenvalue weighted by atomic mass is 9.90. The molecule has 0 bridgehead atoms. The fourth-order valence-corrected chi connectivity index (χ4v) is 3.28. The second-order valence-electron chi connectivity index (χ2n) is 6.83. The van der Waals surface area contributed by atoms with Gasteiger partial charge in [-0.1, -0.05) is 66.6 Å². The summed E-state index contributed by atoms with van der Waals surface area (Å²) in [7, 11) is 0. The number of aryl methyl sites for hydroxylation is 1. The predicted octanol–water partition coefficient (Wildman–Crippen LogP) is 2.95. The van der Waals surface area contributed by atoms with Gasteiger partial charge < -0.3 is 0 Å². The van der Waals surface area contributed by atoms with Crippen molar-refractivity contribution in [1.29, 1.82) is 0 Å². The summed E-state index contributed by atoms with van der Waals surface area (Å²) in [6.45, 7) is 3.81. The number of aromatic amines is 2. The number of hydrogen-bond acceptors (Lipinski definition) is 6. The molecule has 0 spiro atoms. The van der Waals surface area contributed by atoms with Crippen LogP contribution in [0.2, 0.25) is 0 Å². The Labute approximate surface area is 158 Å². The third kappa shape index (κ3) is 6.40. The summed E-state index contributed by atoms with van der Waals surface area (Å²) in [4.78, 5) is 0. The van der Waals surface area contributed by atoms with Crippen molar-refractivity contribution in [3.05, 3.63) is 53.6 Å². The summed E-state index contributed by atoms with van der Waals surface area (Å²) in [6, 6.07) is 8.60. The molecule has 2 N–H and O–H groups in total. The number of benzene rings is 1. The van der Waals surface area contributed by atoms with E-state index in [0.29, 0.717) is 5.92 Å². The van der Waals surface area contributed by atoms with Crippen molar-refractivity contribution < 1.29 is 0 Å². The molecule has 27 heavy (non-hydrogen) atoms. The number of H-pyrrole nitrogens is 2. The number of aromatic nitrogens is 8. The van der Waals surface area contributed by atoms with Crippen LogP contribution in [0.1, 0.15) is 54.9 Å². The van der Waals surface area contributed by atoms with E-state index < -0.39 is 0 Å². The molecule has 1 unspecified atom stereocenters. The first-order valence-electron chi connectivity index (χ1n) is 9.49. The van der Waals surface area contributed by atoms with Crippen LogP contribution in [-0.2, 0) is 19.3 Å². The zero-order chi connectivity index (χ0) is 18.7. The van der Waals surface area contributed by atoms with Crippen molar-refractivity contribution in [2.75, 3.05) is 0 Å². The van der Waals surface area contributed by atoms with Gasteiger partial charge in [0.2, 0.25) is 0 Å². The molecule has 0 amide bonds. The zero-order valence-corrected chi connectivity index (χ0v) is 15.5. The van der Waals surface area contributed by atoms with Gasteiger partial charge in [-0.15, -0.1) is 20.4 Å². The SMILES string of the molecule is C=Cc1ccc(CC(CCCCCCc2nn[nH]n2)Cc2nn[nH]n2)cc1. The molecule has 0 radical (unpaired) electrons. The number of nitrogens with zero attached hydrogens (tertiary/aromatic N) is 6. The van der Waals surface area contributed by atoms with E-state index >= 15 is 0 Å². The smallest absolute Gasteiger partial charge is 0.174 e. The van der Waals surface area contributed by atoms with Gasteiger partial charge in [0, 0.05) is 12.8 Å². The lowest BCUT2D eigenvalue weighted by Gasteiger charge is -2.15. The van der Waals surface area contributed by atoms with Crippen molar-refractivity contribution in [1.82, 2.24) is 41.2 Å². The number of tetrazole rings is 2. The number of hydrogen-bond donors (Lipinski definition) is 2. The van der Waals surface area contributed by atoms with E-state index in [9.17, 15) is 0 Å². The Balaban J connectivity index is 1.44. The van der Waals surface area contributed by atoms with Crippen LogP contribution in [0, 0.1) is 5.92 Å². The Morgan fingerprint density at radius 2 is 1.56 bits per heavy atom. The third-order valence-electron chi connectivity index (χ3n) is 4.75. The van der Waals surface area contributed by atoms with Crippen LogP contribution >= 0.6 is 0 Å². The molecule has 0 aliphatic carbocycles. The number of nitrogens with one attached hydrogen (secondary N) is 2. The predicted molar refractivity (Wildman–Crippen MR) is 103 cm³/mol. The van der Waals surface area contributed by atoms with E-state index in [-0.39, 0.29) is 0 Å². The van der Waals surface area contributed by atoms with Gasteiger partial charge in [-0.2, -0.15) is 10.4 Å². The summed E-state index contributed by atoms with van der Waals surface area (Å²) < 4.78 is 0. The number of rotatable bonds is 12. The van der Waals surface area contributed by atoms with Crippen LogP contribution in [0.25, 0.3) is 6.08 Å². The highest BCUT2D eigenvalue weighted by atomic mass is 15.5. The monoisotopic (exact) mass is 366 g/mol. The van der Waals surface area contributed by atoms with Crippen LogP contribution in [0.5, 0.6) is 0 Å². The standard InChI is InChI=1S/C19H26N8/c1-2-15-9-11-16(12-10-15)13-17(14-19-22-26-27-23-19)7-5-3-4-6-8-18-20-24-25-21-18/h2,9-12,17H,1,3-8,13-14H2,(H,20,21,24,25)(H,22,23,26,27). The molecule has 0 aliphatic heterocycles. The summed E-state index contributed by atoms with van der Waals surface area (Å²) >= 11 is 0. The maximum absolute atomic E-state index is 4.13. The highest BCUT2D eigenvalue weighted by Crippen LogP contribution is 2.20. The minimum Gasteiger partial charge on any atom is -0.177 e. The van der Waals surface area contributed by atoms with Gasteiger partial charge in [0.1, 0.15) is 0 Å². The molecule has 0 aliphatic rings.